The first-order chi connectivity index (χ1) is 14.9. The zero-order valence-corrected chi connectivity index (χ0v) is 18.3. The molecule has 1 amide bonds. The number of hydrogen-bond donors (Lipinski definition) is 1. The lowest BCUT2D eigenvalue weighted by molar-refractivity contribution is -0.116. The van der Waals surface area contributed by atoms with Crippen LogP contribution in [0.1, 0.15) is 5.56 Å². The molecule has 0 atom stereocenters. The van der Waals surface area contributed by atoms with Crippen molar-refractivity contribution in [3.63, 3.8) is 0 Å². The van der Waals surface area contributed by atoms with Crippen molar-refractivity contribution in [1.29, 1.82) is 0 Å². The fraction of sp³-hybridized carbons (Fsp3) is 0.136. The number of carbonyl (C=O) groups excluding carboxylic acids is 1. The van der Waals surface area contributed by atoms with Gasteiger partial charge in [-0.25, -0.2) is 9.36 Å². The van der Waals surface area contributed by atoms with E-state index in [2.05, 4.69) is 5.32 Å². The fourth-order valence-corrected chi connectivity index (χ4v) is 4.40. The van der Waals surface area contributed by atoms with Crippen molar-refractivity contribution >= 4 is 44.7 Å². The number of carbonyl (C=O) groups is 1. The molecule has 0 aliphatic heterocycles. The number of fused-ring (bicyclic) bond motifs is 1. The minimum Gasteiger partial charge on any atom is -0.495 e. The maximum Gasteiger partial charge on any atom is 0.336 e. The van der Waals surface area contributed by atoms with Gasteiger partial charge in [0, 0.05) is 5.69 Å². The predicted molar refractivity (Wildman–Crippen MR) is 123 cm³/mol. The Bertz CT molecular complexity index is 1420. The molecule has 7 nitrogen and oxygen atoms in total. The van der Waals surface area contributed by atoms with Gasteiger partial charge in [0.05, 0.1) is 23.3 Å². The predicted octanol–water partition coefficient (Wildman–Crippen LogP) is 3.82. The summed E-state index contributed by atoms with van der Waals surface area (Å²) in [7, 11) is 1.50. The van der Waals surface area contributed by atoms with Gasteiger partial charge in [-0.05, 0) is 54.3 Å². The standard InChI is InChI=1S/C22H18ClN3O4S/c1-13-4-3-5-15(10-13)26-21(28)20-17(8-9-31-20)25(22(26)29)12-19(27)24-14-6-7-18(30-2)16(23)11-14/h3-11H,12H2,1-2H3,(H,24,27). The van der Waals surface area contributed by atoms with E-state index in [1.807, 2.05) is 13.0 Å². The number of rotatable bonds is 5. The van der Waals surface area contributed by atoms with Gasteiger partial charge in [-0.1, -0.05) is 23.7 Å². The Labute approximate surface area is 186 Å². The SMILES string of the molecule is COc1ccc(NC(=O)Cn2c(=O)n(-c3cccc(C)c3)c(=O)c3sccc32)cc1Cl. The Kier molecular flexibility index (Phi) is 5.67. The lowest BCUT2D eigenvalue weighted by Crippen LogP contribution is -2.40. The molecule has 158 valence electrons. The summed E-state index contributed by atoms with van der Waals surface area (Å²) in [6.45, 7) is 1.62. The van der Waals surface area contributed by atoms with Crippen LogP contribution in [0, 0.1) is 6.92 Å². The molecule has 9 heteroatoms. The molecule has 4 aromatic rings. The number of nitrogens with zero attached hydrogens (tertiary/aromatic N) is 2. The maximum atomic E-state index is 13.3. The molecule has 0 saturated carbocycles. The van der Waals surface area contributed by atoms with Crippen molar-refractivity contribution in [1.82, 2.24) is 9.13 Å². The van der Waals surface area contributed by atoms with Crippen molar-refractivity contribution in [3.05, 3.63) is 85.3 Å². The molecule has 2 aromatic carbocycles. The summed E-state index contributed by atoms with van der Waals surface area (Å²) < 4.78 is 7.92. The molecule has 0 radical (unpaired) electrons. The van der Waals surface area contributed by atoms with E-state index in [1.165, 1.54) is 23.0 Å². The highest BCUT2D eigenvalue weighted by Gasteiger charge is 2.18. The average molecular weight is 456 g/mol. The number of ether oxygens (including phenoxy) is 1. The van der Waals surface area contributed by atoms with E-state index in [0.717, 1.165) is 10.1 Å². The van der Waals surface area contributed by atoms with E-state index >= 15 is 0 Å². The van der Waals surface area contributed by atoms with Crippen LogP contribution in [-0.2, 0) is 11.3 Å². The van der Waals surface area contributed by atoms with E-state index in [9.17, 15) is 14.4 Å². The monoisotopic (exact) mass is 455 g/mol. The van der Waals surface area contributed by atoms with Crippen molar-refractivity contribution in [2.24, 2.45) is 0 Å². The summed E-state index contributed by atoms with van der Waals surface area (Å²) in [5.74, 6) is 0.0615. The molecular weight excluding hydrogens is 438 g/mol. The summed E-state index contributed by atoms with van der Waals surface area (Å²) in [5, 5.41) is 4.81. The van der Waals surface area contributed by atoms with E-state index in [-0.39, 0.29) is 6.54 Å². The van der Waals surface area contributed by atoms with E-state index in [4.69, 9.17) is 16.3 Å². The van der Waals surface area contributed by atoms with Crippen molar-refractivity contribution < 1.29 is 9.53 Å². The van der Waals surface area contributed by atoms with Crippen LogP contribution in [0.3, 0.4) is 0 Å². The first-order valence-electron chi connectivity index (χ1n) is 9.32. The Morgan fingerprint density at radius 1 is 1.16 bits per heavy atom. The highest BCUT2D eigenvalue weighted by atomic mass is 35.5. The molecule has 0 aliphatic rings. The van der Waals surface area contributed by atoms with Crippen molar-refractivity contribution in [3.8, 4) is 11.4 Å². The molecule has 31 heavy (non-hydrogen) atoms. The summed E-state index contributed by atoms with van der Waals surface area (Å²) in [6.07, 6.45) is 0. The lowest BCUT2D eigenvalue weighted by atomic mass is 10.2. The van der Waals surface area contributed by atoms with Gasteiger partial charge in [0.2, 0.25) is 5.91 Å². The number of amides is 1. The van der Waals surface area contributed by atoms with Gasteiger partial charge < -0.3 is 10.1 Å². The Morgan fingerprint density at radius 3 is 2.68 bits per heavy atom. The zero-order valence-electron chi connectivity index (χ0n) is 16.7. The van der Waals surface area contributed by atoms with Gasteiger partial charge in [-0.2, -0.15) is 0 Å². The van der Waals surface area contributed by atoms with Crippen LogP contribution < -0.4 is 21.3 Å². The van der Waals surface area contributed by atoms with Crippen molar-refractivity contribution in [2.45, 2.75) is 13.5 Å². The number of hydrogen-bond acceptors (Lipinski definition) is 5. The van der Waals surface area contributed by atoms with Gasteiger partial charge >= 0.3 is 5.69 Å². The molecule has 2 aromatic heterocycles. The average Bonchev–Trinajstić information content (AvgIpc) is 3.22. The second-order valence-electron chi connectivity index (χ2n) is 6.88. The van der Waals surface area contributed by atoms with Gasteiger partial charge in [-0.15, -0.1) is 11.3 Å². The first-order valence-corrected chi connectivity index (χ1v) is 10.6. The third kappa shape index (κ3) is 3.99. The molecule has 0 fully saturated rings. The number of methoxy groups -OCH3 is 1. The summed E-state index contributed by atoms with van der Waals surface area (Å²) >= 11 is 7.34. The van der Waals surface area contributed by atoms with Gasteiger partial charge in [0.1, 0.15) is 17.0 Å². The van der Waals surface area contributed by atoms with Crippen LogP contribution in [0.25, 0.3) is 15.9 Å². The van der Waals surface area contributed by atoms with Gasteiger partial charge in [0.15, 0.2) is 0 Å². The van der Waals surface area contributed by atoms with Crippen LogP contribution in [0.2, 0.25) is 5.02 Å². The third-order valence-electron chi connectivity index (χ3n) is 4.75. The molecule has 0 bridgehead atoms. The Morgan fingerprint density at radius 2 is 1.97 bits per heavy atom. The van der Waals surface area contributed by atoms with Crippen LogP contribution >= 0.6 is 22.9 Å². The second-order valence-corrected chi connectivity index (χ2v) is 8.20. The summed E-state index contributed by atoms with van der Waals surface area (Å²) in [6, 6.07) is 13.6. The Hall–Kier alpha value is -3.36. The second kappa shape index (κ2) is 8.41. The van der Waals surface area contributed by atoms with Crippen LogP contribution in [0.4, 0.5) is 5.69 Å². The summed E-state index contributed by atoms with van der Waals surface area (Å²) in [5.41, 5.74) is 1.28. The largest absolute Gasteiger partial charge is 0.495 e. The number of halogens is 1. The lowest BCUT2D eigenvalue weighted by Gasteiger charge is -2.13. The third-order valence-corrected chi connectivity index (χ3v) is 5.94. The van der Waals surface area contributed by atoms with Crippen LogP contribution in [-0.4, -0.2) is 22.2 Å². The van der Waals surface area contributed by atoms with E-state index in [0.29, 0.717) is 32.4 Å². The molecule has 2 heterocycles. The Balaban J connectivity index is 1.75. The minimum atomic E-state index is -0.579. The first kappa shape index (κ1) is 20.9. The molecular formula is C22H18ClN3O4S. The maximum absolute atomic E-state index is 13.3. The normalized spacial score (nSPS) is 10.9. The molecule has 0 aliphatic carbocycles. The molecule has 0 saturated heterocycles. The molecule has 4 rings (SSSR count). The fourth-order valence-electron chi connectivity index (χ4n) is 3.32. The van der Waals surface area contributed by atoms with E-state index < -0.39 is 17.2 Å². The zero-order chi connectivity index (χ0) is 22.1. The number of thiophene rings is 1. The van der Waals surface area contributed by atoms with Gasteiger partial charge in [0.25, 0.3) is 5.56 Å². The van der Waals surface area contributed by atoms with Crippen LogP contribution in [0.5, 0.6) is 5.75 Å². The quantitative estimate of drug-likeness (QED) is 0.496. The number of aryl methyl sites for hydroxylation is 1. The van der Waals surface area contributed by atoms with E-state index in [1.54, 1.807) is 47.8 Å². The molecule has 0 unspecified atom stereocenters. The molecule has 1 N–H and O–H groups in total. The topological polar surface area (TPSA) is 82.3 Å². The smallest absolute Gasteiger partial charge is 0.336 e. The number of nitrogens with one attached hydrogen (secondary N) is 1. The van der Waals surface area contributed by atoms with Crippen molar-refractivity contribution in [2.75, 3.05) is 12.4 Å². The minimum absolute atomic E-state index is 0.262. The van der Waals surface area contributed by atoms with Crippen LogP contribution in [0.15, 0.2) is 63.5 Å². The summed E-state index contributed by atoms with van der Waals surface area (Å²) in [4.78, 5) is 39.0. The number of aromatic nitrogens is 2. The highest BCUT2D eigenvalue weighted by Crippen LogP contribution is 2.27. The molecule has 0 spiro atoms. The van der Waals surface area contributed by atoms with Gasteiger partial charge in [-0.3, -0.25) is 14.2 Å². The number of anilines is 1. The highest BCUT2D eigenvalue weighted by molar-refractivity contribution is 7.17. The number of benzene rings is 2.